The first-order valence-electron chi connectivity index (χ1n) is 7.38. The van der Waals surface area contributed by atoms with Crippen molar-refractivity contribution < 1.29 is 13.2 Å². The molecule has 3 rings (SSSR count). The first-order chi connectivity index (χ1) is 11.1. The molecule has 0 spiro atoms. The van der Waals surface area contributed by atoms with Gasteiger partial charge in [0.1, 0.15) is 0 Å². The molecule has 0 aliphatic carbocycles. The van der Waals surface area contributed by atoms with E-state index in [0.29, 0.717) is 24.2 Å². The predicted molar refractivity (Wildman–Crippen MR) is 84.3 cm³/mol. The second-order valence-corrected chi connectivity index (χ2v) is 7.25. The average molecular weight is 334 g/mol. The maximum atomic E-state index is 12.9. The van der Waals surface area contributed by atoms with Crippen molar-refractivity contribution in [3.05, 3.63) is 47.8 Å². The number of benzene rings is 1. The van der Waals surface area contributed by atoms with Crippen molar-refractivity contribution in [3.8, 4) is 0 Å². The molecule has 0 bridgehead atoms. The fourth-order valence-electron chi connectivity index (χ4n) is 2.91. The zero-order valence-corrected chi connectivity index (χ0v) is 13.5. The van der Waals surface area contributed by atoms with Gasteiger partial charge >= 0.3 is 0 Å². The van der Waals surface area contributed by atoms with Gasteiger partial charge in [-0.25, -0.2) is 8.42 Å². The zero-order valence-electron chi connectivity index (χ0n) is 12.7. The highest BCUT2D eigenvalue weighted by Gasteiger charge is 2.38. The molecule has 1 amide bonds. The van der Waals surface area contributed by atoms with Crippen LogP contribution in [0.4, 0.5) is 0 Å². The van der Waals surface area contributed by atoms with Crippen LogP contribution in [-0.4, -0.2) is 42.4 Å². The smallest absolute Gasteiger partial charge is 0.254 e. The number of sulfonamides is 1. The molecule has 8 heteroatoms. The summed E-state index contributed by atoms with van der Waals surface area (Å²) in [5.41, 5.74) is 0.925. The standard InChI is InChI=1S/C15H18N4O3S/c1-16-15(20)12-10-17-18-14(12)13-8-5-9-19(13)23(21,22)11-6-3-2-4-7-11/h2-4,6-7,10,13H,5,8-9H2,1H3,(H,16,20)(H,17,18)/t13-/m1/s1. The van der Waals surface area contributed by atoms with E-state index < -0.39 is 16.1 Å². The summed E-state index contributed by atoms with van der Waals surface area (Å²) >= 11 is 0. The van der Waals surface area contributed by atoms with E-state index in [1.807, 2.05) is 0 Å². The van der Waals surface area contributed by atoms with Gasteiger partial charge in [-0.2, -0.15) is 9.40 Å². The van der Waals surface area contributed by atoms with Gasteiger partial charge in [0.2, 0.25) is 10.0 Å². The summed E-state index contributed by atoms with van der Waals surface area (Å²) in [4.78, 5) is 12.2. The molecular weight excluding hydrogens is 316 g/mol. The molecule has 0 radical (unpaired) electrons. The predicted octanol–water partition coefficient (Wildman–Crippen LogP) is 1.30. The molecule has 1 aromatic heterocycles. The van der Waals surface area contributed by atoms with Crippen molar-refractivity contribution in [2.45, 2.75) is 23.8 Å². The largest absolute Gasteiger partial charge is 0.355 e. The number of aromatic amines is 1. The molecule has 1 aliphatic heterocycles. The molecule has 1 saturated heterocycles. The van der Waals surface area contributed by atoms with Gasteiger partial charge in [-0.3, -0.25) is 9.89 Å². The van der Waals surface area contributed by atoms with Crippen LogP contribution in [0, 0.1) is 0 Å². The lowest BCUT2D eigenvalue weighted by Crippen LogP contribution is -2.32. The number of H-pyrrole nitrogens is 1. The quantitative estimate of drug-likeness (QED) is 0.881. The minimum atomic E-state index is -3.61. The van der Waals surface area contributed by atoms with Gasteiger partial charge in [0.05, 0.1) is 28.4 Å². The second-order valence-electron chi connectivity index (χ2n) is 5.36. The topological polar surface area (TPSA) is 95.2 Å². The third-order valence-corrected chi connectivity index (χ3v) is 5.95. The lowest BCUT2D eigenvalue weighted by Gasteiger charge is -2.24. The minimum Gasteiger partial charge on any atom is -0.355 e. The van der Waals surface area contributed by atoms with Crippen molar-refractivity contribution in [2.75, 3.05) is 13.6 Å². The molecule has 0 saturated carbocycles. The summed E-state index contributed by atoms with van der Waals surface area (Å²) in [6.07, 6.45) is 2.82. The molecular formula is C15H18N4O3S. The van der Waals surface area contributed by atoms with Crippen molar-refractivity contribution in [2.24, 2.45) is 0 Å². The number of nitrogens with zero attached hydrogens (tertiary/aromatic N) is 2. The van der Waals surface area contributed by atoms with Crippen molar-refractivity contribution in [3.63, 3.8) is 0 Å². The van der Waals surface area contributed by atoms with E-state index >= 15 is 0 Å². The van der Waals surface area contributed by atoms with Crippen LogP contribution < -0.4 is 5.32 Å². The molecule has 2 heterocycles. The van der Waals surface area contributed by atoms with E-state index in [0.717, 1.165) is 6.42 Å². The normalized spacial score (nSPS) is 18.9. The molecule has 2 N–H and O–H groups in total. The Morgan fingerprint density at radius 2 is 2.09 bits per heavy atom. The molecule has 122 valence electrons. The summed E-state index contributed by atoms with van der Waals surface area (Å²) in [7, 11) is -2.08. The van der Waals surface area contributed by atoms with E-state index in [-0.39, 0.29) is 10.8 Å². The third kappa shape index (κ3) is 2.75. The van der Waals surface area contributed by atoms with Crippen LogP contribution in [0.25, 0.3) is 0 Å². The van der Waals surface area contributed by atoms with E-state index in [1.54, 1.807) is 30.3 Å². The lowest BCUT2D eigenvalue weighted by atomic mass is 10.1. The summed E-state index contributed by atoms with van der Waals surface area (Å²) < 4.78 is 27.2. The Kier molecular flexibility index (Phi) is 4.18. The molecule has 1 atom stereocenters. The monoisotopic (exact) mass is 334 g/mol. The van der Waals surface area contributed by atoms with Crippen LogP contribution >= 0.6 is 0 Å². The Hall–Kier alpha value is -2.19. The number of rotatable bonds is 4. The number of hydrogen-bond acceptors (Lipinski definition) is 4. The Bertz CT molecular complexity index is 801. The summed E-state index contributed by atoms with van der Waals surface area (Å²) in [5, 5.41) is 9.27. The molecule has 1 aromatic carbocycles. The average Bonchev–Trinajstić information content (AvgIpc) is 3.23. The zero-order chi connectivity index (χ0) is 16.4. The van der Waals surface area contributed by atoms with Crippen LogP contribution in [0.3, 0.4) is 0 Å². The number of hydrogen-bond donors (Lipinski definition) is 2. The number of aromatic nitrogens is 2. The third-order valence-electron chi connectivity index (χ3n) is 4.03. The van der Waals surface area contributed by atoms with Crippen LogP contribution in [0.1, 0.15) is 34.9 Å². The van der Waals surface area contributed by atoms with Gasteiger partial charge in [0, 0.05) is 13.6 Å². The Labute approximate surface area is 134 Å². The molecule has 1 fully saturated rings. The van der Waals surface area contributed by atoms with Gasteiger partial charge in [-0.05, 0) is 25.0 Å². The molecule has 1 aliphatic rings. The van der Waals surface area contributed by atoms with Gasteiger partial charge in [0.25, 0.3) is 5.91 Å². The van der Waals surface area contributed by atoms with Crippen molar-refractivity contribution in [1.29, 1.82) is 0 Å². The summed E-state index contributed by atoms with van der Waals surface area (Å²) in [5.74, 6) is -0.280. The van der Waals surface area contributed by atoms with Gasteiger partial charge in [-0.15, -0.1) is 0 Å². The fraction of sp³-hybridized carbons (Fsp3) is 0.333. The fourth-order valence-corrected chi connectivity index (χ4v) is 4.60. The maximum absolute atomic E-state index is 12.9. The van der Waals surface area contributed by atoms with Gasteiger partial charge < -0.3 is 5.32 Å². The van der Waals surface area contributed by atoms with Crippen LogP contribution in [0.15, 0.2) is 41.4 Å². The first kappa shape index (κ1) is 15.7. The minimum absolute atomic E-state index is 0.257. The van der Waals surface area contributed by atoms with Crippen molar-refractivity contribution in [1.82, 2.24) is 19.8 Å². The highest BCUT2D eigenvalue weighted by molar-refractivity contribution is 7.89. The van der Waals surface area contributed by atoms with Crippen LogP contribution in [-0.2, 0) is 10.0 Å². The van der Waals surface area contributed by atoms with Gasteiger partial charge in [0.15, 0.2) is 0 Å². The number of nitrogens with one attached hydrogen (secondary N) is 2. The number of amides is 1. The Morgan fingerprint density at radius 3 is 2.78 bits per heavy atom. The molecule has 23 heavy (non-hydrogen) atoms. The van der Waals surface area contributed by atoms with Crippen LogP contribution in [0.5, 0.6) is 0 Å². The summed E-state index contributed by atoms with van der Waals surface area (Å²) in [6, 6.07) is 7.93. The van der Waals surface area contributed by atoms with E-state index in [9.17, 15) is 13.2 Å². The van der Waals surface area contributed by atoms with Crippen molar-refractivity contribution >= 4 is 15.9 Å². The number of carbonyl (C=O) groups excluding carboxylic acids is 1. The first-order valence-corrected chi connectivity index (χ1v) is 8.82. The van der Waals surface area contributed by atoms with E-state index in [4.69, 9.17) is 0 Å². The molecule has 0 unspecified atom stereocenters. The van der Waals surface area contributed by atoms with Gasteiger partial charge in [-0.1, -0.05) is 18.2 Å². The highest BCUT2D eigenvalue weighted by Crippen LogP contribution is 2.36. The maximum Gasteiger partial charge on any atom is 0.254 e. The number of carbonyl (C=O) groups is 1. The van der Waals surface area contributed by atoms with E-state index in [2.05, 4.69) is 15.5 Å². The summed E-state index contributed by atoms with van der Waals surface area (Å²) in [6.45, 7) is 0.425. The SMILES string of the molecule is CNC(=O)c1cn[nH]c1[C@H]1CCCN1S(=O)(=O)c1ccccc1. The molecule has 7 nitrogen and oxygen atoms in total. The molecule has 2 aromatic rings. The Morgan fingerprint density at radius 1 is 1.35 bits per heavy atom. The Balaban J connectivity index is 1.99. The lowest BCUT2D eigenvalue weighted by molar-refractivity contribution is 0.0961. The van der Waals surface area contributed by atoms with E-state index in [1.165, 1.54) is 17.5 Å². The second kappa shape index (κ2) is 6.13. The van der Waals surface area contributed by atoms with Crippen LogP contribution in [0.2, 0.25) is 0 Å². The highest BCUT2D eigenvalue weighted by atomic mass is 32.2.